The van der Waals surface area contributed by atoms with E-state index in [9.17, 15) is 9.59 Å². The fraction of sp³-hybridized carbons (Fsp3) is 0.938. The lowest BCUT2D eigenvalue weighted by Gasteiger charge is -2.18. The van der Waals surface area contributed by atoms with E-state index in [1.165, 1.54) is 109 Å². The molecule has 0 amide bonds. The standard InChI is InChI=1S/C32H62O4/c1-4-7-10-13-16-19-21-24-27-30(33)35-32(29-26-23-18-15-12-9-6-3)36-31(34)28-25-22-20-17-14-11-8-5-2/h32H,4-29H2,1-3H3. The first kappa shape index (κ1) is 34.9. The highest BCUT2D eigenvalue weighted by atomic mass is 16.7. The predicted octanol–water partition coefficient (Wildman–Crippen LogP) is 10.6. The summed E-state index contributed by atoms with van der Waals surface area (Å²) in [5.74, 6) is -0.428. The summed E-state index contributed by atoms with van der Waals surface area (Å²) in [6, 6.07) is 0. The van der Waals surface area contributed by atoms with Crippen LogP contribution >= 0.6 is 0 Å². The van der Waals surface area contributed by atoms with E-state index >= 15 is 0 Å². The second kappa shape index (κ2) is 28.5. The molecule has 0 aliphatic rings. The molecule has 0 fully saturated rings. The zero-order chi connectivity index (χ0) is 26.5. The van der Waals surface area contributed by atoms with E-state index in [0.29, 0.717) is 19.3 Å². The Morgan fingerprint density at radius 2 is 0.694 bits per heavy atom. The summed E-state index contributed by atoms with van der Waals surface area (Å²) in [6.07, 6.45) is 28.3. The van der Waals surface area contributed by atoms with E-state index in [-0.39, 0.29) is 11.9 Å². The van der Waals surface area contributed by atoms with E-state index in [1.54, 1.807) is 0 Å². The Kier molecular flexibility index (Phi) is 27.7. The van der Waals surface area contributed by atoms with Crippen LogP contribution in [0.4, 0.5) is 0 Å². The van der Waals surface area contributed by atoms with E-state index in [0.717, 1.165) is 38.5 Å². The van der Waals surface area contributed by atoms with Gasteiger partial charge in [-0.25, -0.2) is 0 Å². The van der Waals surface area contributed by atoms with Crippen molar-refractivity contribution in [1.82, 2.24) is 0 Å². The first-order valence-corrected chi connectivity index (χ1v) is 16.0. The van der Waals surface area contributed by atoms with Gasteiger partial charge in [-0.3, -0.25) is 9.59 Å². The molecule has 0 aliphatic heterocycles. The Bertz CT molecular complexity index is 443. The molecule has 36 heavy (non-hydrogen) atoms. The summed E-state index contributed by atoms with van der Waals surface area (Å²) >= 11 is 0. The van der Waals surface area contributed by atoms with E-state index in [1.807, 2.05) is 0 Å². The normalized spacial score (nSPS) is 11.2. The average Bonchev–Trinajstić information content (AvgIpc) is 2.86. The predicted molar refractivity (Wildman–Crippen MR) is 153 cm³/mol. The number of esters is 2. The molecule has 0 saturated carbocycles. The molecule has 0 unspecified atom stereocenters. The fourth-order valence-electron chi connectivity index (χ4n) is 4.63. The quantitative estimate of drug-likeness (QED) is 0.0596. The van der Waals surface area contributed by atoms with Crippen molar-refractivity contribution in [2.45, 2.75) is 194 Å². The zero-order valence-corrected chi connectivity index (χ0v) is 24.6. The third-order valence-electron chi connectivity index (χ3n) is 7.04. The number of carbonyl (C=O) groups excluding carboxylic acids is 2. The van der Waals surface area contributed by atoms with Crippen molar-refractivity contribution in [1.29, 1.82) is 0 Å². The molecule has 0 aromatic carbocycles. The maximum Gasteiger partial charge on any atom is 0.308 e. The van der Waals surface area contributed by atoms with E-state index in [4.69, 9.17) is 9.47 Å². The van der Waals surface area contributed by atoms with Crippen molar-refractivity contribution in [3.05, 3.63) is 0 Å². The molecular weight excluding hydrogens is 448 g/mol. The lowest BCUT2D eigenvalue weighted by atomic mass is 10.1. The van der Waals surface area contributed by atoms with Gasteiger partial charge in [0.25, 0.3) is 0 Å². The largest absolute Gasteiger partial charge is 0.425 e. The summed E-state index contributed by atoms with van der Waals surface area (Å²) < 4.78 is 11.3. The first-order chi connectivity index (χ1) is 17.6. The molecule has 0 aliphatic carbocycles. The highest BCUT2D eigenvalue weighted by Gasteiger charge is 2.18. The number of rotatable bonds is 28. The van der Waals surface area contributed by atoms with Crippen LogP contribution in [-0.4, -0.2) is 18.2 Å². The van der Waals surface area contributed by atoms with Gasteiger partial charge in [-0.2, -0.15) is 0 Å². The summed E-state index contributed by atoms with van der Waals surface area (Å²) in [4.78, 5) is 24.8. The van der Waals surface area contributed by atoms with Crippen molar-refractivity contribution in [3.63, 3.8) is 0 Å². The minimum absolute atomic E-state index is 0.214. The monoisotopic (exact) mass is 510 g/mol. The SMILES string of the molecule is CCCCCCCCCCC(=O)OC(CCCCCCCCC)OC(=O)CCCCCCCCCC. The lowest BCUT2D eigenvalue weighted by Crippen LogP contribution is -2.24. The maximum atomic E-state index is 12.4. The van der Waals surface area contributed by atoms with Crippen LogP contribution in [0.2, 0.25) is 0 Å². The van der Waals surface area contributed by atoms with Crippen LogP contribution in [0.3, 0.4) is 0 Å². The second-order valence-corrected chi connectivity index (χ2v) is 10.8. The van der Waals surface area contributed by atoms with Crippen molar-refractivity contribution in [2.75, 3.05) is 0 Å². The van der Waals surface area contributed by atoms with Gasteiger partial charge >= 0.3 is 11.9 Å². The first-order valence-electron chi connectivity index (χ1n) is 16.0. The Morgan fingerprint density at radius 1 is 0.417 bits per heavy atom. The van der Waals surface area contributed by atoms with Crippen LogP contribution in [0.15, 0.2) is 0 Å². The molecule has 0 heterocycles. The Labute approximate surface area is 225 Å². The Balaban J connectivity index is 4.19. The molecule has 0 rings (SSSR count). The van der Waals surface area contributed by atoms with Gasteiger partial charge < -0.3 is 9.47 Å². The van der Waals surface area contributed by atoms with Crippen LogP contribution in [0.25, 0.3) is 0 Å². The summed E-state index contributed by atoms with van der Waals surface area (Å²) in [7, 11) is 0. The van der Waals surface area contributed by atoms with Crippen molar-refractivity contribution >= 4 is 11.9 Å². The number of unbranched alkanes of at least 4 members (excludes halogenated alkanes) is 20. The van der Waals surface area contributed by atoms with Crippen LogP contribution in [0.5, 0.6) is 0 Å². The maximum absolute atomic E-state index is 12.4. The number of carbonyl (C=O) groups is 2. The van der Waals surface area contributed by atoms with Crippen LogP contribution < -0.4 is 0 Å². The molecule has 4 heteroatoms. The van der Waals surface area contributed by atoms with Crippen LogP contribution in [0, 0.1) is 0 Å². The molecule has 0 aromatic heterocycles. The molecule has 0 radical (unpaired) electrons. The molecule has 0 bridgehead atoms. The van der Waals surface area contributed by atoms with Crippen LogP contribution in [0.1, 0.15) is 188 Å². The van der Waals surface area contributed by atoms with Gasteiger partial charge in [0, 0.05) is 19.3 Å². The second-order valence-electron chi connectivity index (χ2n) is 10.8. The van der Waals surface area contributed by atoms with Gasteiger partial charge in [0.05, 0.1) is 0 Å². The lowest BCUT2D eigenvalue weighted by molar-refractivity contribution is -0.189. The third kappa shape index (κ3) is 26.0. The van der Waals surface area contributed by atoms with Gasteiger partial charge in [-0.1, -0.05) is 149 Å². The molecule has 0 spiro atoms. The van der Waals surface area contributed by atoms with Gasteiger partial charge in [-0.15, -0.1) is 0 Å². The van der Waals surface area contributed by atoms with Gasteiger partial charge in [-0.05, 0) is 19.3 Å². The van der Waals surface area contributed by atoms with E-state index in [2.05, 4.69) is 20.8 Å². The van der Waals surface area contributed by atoms with Gasteiger partial charge in [0.2, 0.25) is 6.29 Å². The summed E-state index contributed by atoms with van der Waals surface area (Å²) in [5, 5.41) is 0. The summed E-state index contributed by atoms with van der Waals surface area (Å²) in [5.41, 5.74) is 0. The zero-order valence-electron chi connectivity index (χ0n) is 24.6. The highest BCUT2D eigenvalue weighted by Crippen LogP contribution is 2.16. The minimum Gasteiger partial charge on any atom is -0.425 e. The fourth-order valence-corrected chi connectivity index (χ4v) is 4.63. The summed E-state index contributed by atoms with van der Waals surface area (Å²) in [6.45, 7) is 6.70. The molecule has 0 saturated heterocycles. The molecule has 214 valence electrons. The Hall–Kier alpha value is -1.06. The van der Waals surface area contributed by atoms with Gasteiger partial charge in [0.15, 0.2) is 0 Å². The number of ether oxygens (including phenoxy) is 2. The molecule has 0 atom stereocenters. The molecule has 4 nitrogen and oxygen atoms in total. The number of hydrogen-bond acceptors (Lipinski definition) is 4. The average molecular weight is 511 g/mol. The number of hydrogen-bond donors (Lipinski definition) is 0. The smallest absolute Gasteiger partial charge is 0.308 e. The topological polar surface area (TPSA) is 52.6 Å². The molecular formula is C32H62O4. The highest BCUT2D eigenvalue weighted by molar-refractivity contribution is 5.71. The Morgan fingerprint density at radius 3 is 1.03 bits per heavy atom. The molecule has 0 N–H and O–H groups in total. The minimum atomic E-state index is -0.705. The van der Waals surface area contributed by atoms with Crippen molar-refractivity contribution < 1.29 is 19.1 Å². The van der Waals surface area contributed by atoms with E-state index < -0.39 is 6.29 Å². The van der Waals surface area contributed by atoms with Crippen molar-refractivity contribution in [2.24, 2.45) is 0 Å². The van der Waals surface area contributed by atoms with Crippen LogP contribution in [-0.2, 0) is 19.1 Å². The third-order valence-corrected chi connectivity index (χ3v) is 7.04. The molecule has 0 aromatic rings. The van der Waals surface area contributed by atoms with Gasteiger partial charge in [0.1, 0.15) is 0 Å². The van der Waals surface area contributed by atoms with Crippen molar-refractivity contribution in [3.8, 4) is 0 Å².